The lowest BCUT2D eigenvalue weighted by atomic mass is 9.94. The van der Waals surface area contributed by atoms with Crippen molar-refractivity contribution in [3.8, 4) is 0 Å². The third-order valence-corrected chi connectivity index (χ3v) is 3.33. The van der Waals surface area contributed by atoms with Gasteiger partial charge in [-0.15, -0.1) is 0 Å². The lowest BCUT2D eigenvalue weighted by Crippen LogP contribution is -2.47. The van der Waals surface area contributed by atoms with Crippen molar-refractivity contribution < 1.29 is 26.7 Å². The van der Waals surface area contributed by atoms with Gasteiger partial charge in [-0.2, -0.15) is 0 Å². The third kappa shape index (κ3) is 3.31. The molecule has 0 bridgehead atoms. The molecule has 21 heavy (non-hydrogen) atoms. The number of rotatable bonds is 5. The highest BCUT2D eigenvalue weighted by atomic mass is 19.2. The molecule has 1 aromatic carbocycles. The fourth-order valence-corrected chi connectivity index (χ4v) is 1.79. The van der Waals surface area contributed by atoms with Crippen molar-refractivity contribution in [2.75, 3.05) is 6.54 Å². The van der Waals surface area contributed by atoms with Crippen LogP contribution in [0.2, 0.25) is 0 Å². The highest BCUT2D eigenvalue weighted by molar-refractivity contribution is 5.95. The highest BCUT2D eigenvalue weighted by Gasteiger charge is 2.32. The van der Waals surface area contributed by atoms with Gasteiger partial charge in [-0.05, 0) is 26.3 Å². The maximum atomic E-state index is 13.5. The third-order valence-electron chi connectivity index (χ3n) is 3.33. The Labute approximate surface area is 118 Å². The first-order chi connectivity index (χ1) is 9.68. The second-order valence-electron chi connectivity index (χ2n) is 4.85. The van der Waals surface area contributed by atoms with Crippen molar-refractivity contribution in [3.05, 3.63) is 34.6 Å². The van der Waals surface area contributed by atoms with Crippen LogP contribution in [0.25, 0.3) is 0 Å². The number of hydrogen-bond donors (Lipinski definition) is 2. The molecule has 1 atom stereocenters. The number of nitrogens with two attached hydrogens (primary N) is 1. The van der Waals surface area contributed by atoms with Crippen molar-refractivity contribution in [2.45, 2.75) is 32.2 Å². The number of hydrogen-bond acceptors (Lipinski definition) is 2. The zero-order valence-electron chi connectivity index (χ0n) is 11.5. The van der Waals surface area contributed by atoms with Crippen LogP contribution in [0.4, 0.5) is 22.0 Å². The standard InChI is InChI=1S/C13H15F5N2O/c1-3-13(2,4-5-19)20-12(21)6-7(14)9(16)11(18)10(17)8(6)15/h3-5,19H2,1-2H3,(H,20,21). The molecular formula is C13H15F5N2O. The summed E-state index contributed by atoms with van der Waals surface area (Å²) in [7, 11) is 0. The van der Waals surface area contributed by atoms with Crippen LogP contribution >= 0.6 is 0 Å². The normalized spacial score (nSPS) is 13.9. The van der Waals surface area contributed by atoms with E-state index in [-0.39, 0.29) is 13.0 Å². The van der Waals surface area contributed by atoms with Gasteiger partial charge in [0.25, 0.3) is 5.91 Å². The Morgan fingerprint density at radius 3 is 1.86 bits per heavy atom. The van der Waals surface area contributed by atoms with Gasteiger partial charge in [0.1, 0.15) is 5.56 Å². The Kier molecular flexibility index (Phi) is 5.27. The molecule has 1 rings (SSSR count). The summed E-state index contributed by atoms with van der Waals surface area (Å²) in [6.07, 6.45) is 0.649. The van der Waals surface area contributed by atoms with Gasteiger partial charge in [-0.25, -0.2) is 22.0 Å². The summed E-state index contributed by atoms with van der Waals surface area (Å²) < 4.78 is 66.1. The molecule has 0 fully saturated rings. The van der Waals surface area contributed by atoms with E-state index in [0.717, 1.165) is 0 Å². The summed E-state index contributed by atoms with van der Waals surface area (Å²) in [5, 5.41) is 2.26. The smallest absolute Gasteiger partial charge is 0.257 e. The molecule has 0 heterocycles. The first-order valence-corrected chi connectivity index (χ1v) is 6.22. The van der Waals surface area contributed by atoms with Gasteiger partial charge in [0, 0.05) is 5.54 Å². The molecule has 0 saturated carbocycles. The lowest BCUT2D eigenvalue weighted by Gasteiger charge is -2.29. The number of amides is 1. The number of nitrogens with one attached hydrogen (secondary N) is 1. The molecule has 1 amide bonds. The largest absolute Gasteiger partial charge is 0.347 e. The van der Waals surface area contributed by atoms with E-state index in [1.54, 1.807) is 13.8 Å². The van der Waals surface area contributed by atoms with Crippen molar-refractivity contribution in [1.82, 2.24) is 5.32 Å². The van der Waals surface area contributed by atoms with E-state index in [2.05, 4.69) is 5.32 Å². The Morgan fingerprint density at radius 2 is 1.48 bits per heavy atom. The maximum absolute atomic E-state index is 13.5. The molecule has 0 saturated heterocycles. The van der Waals surface area contributed by atoms with E-state index in [1.807, 2.05) is 0 Å². The summed E-state index contributed by atoms with van der Waals surface area (Å²) in [4.78, 5) is 11.9. The van der Waals surface area contributed by atoms with Crippen LogP contribution in [-0.4, -0.2) is 18.0 Å². The molecule has 1 aromatic rings. The fraction of sp³-hybridized carbons (Fsp3) is 0.462. The van der Waals surface area contributed by atoms with Crippen LogP contribution in [0.5, 0.6) is 0 Å². The minimum atomic E-state index is -2.30. The quantitative estimate of drug-likeness (QED) is 0.499. The van der Waals surface area contributed by atoms with Gasteiger partial charge in [-0.1, -0.05) is 6.92 Å². The number of carbonyl (C=O) groups is 1. The first-order valence-electron chi connectivity index (χ1n) is 6.22. The van der Waals surface area contributed by atoms with Crippen LogP contribution in [0.3, 0.4) is 0 Å². The van der Waals surface area contributed by atoms with E-state index < -0.39 is 46.1 Å². The van der Waals surface area contributed by atoms with E-state index in [0.29, 0.717) is 6.42 Å². The molecule has 0 aliphatic carbocycles. The summed E-state index contributed by atoms with van der Waals surface area (Å²) in [5.41, 5.74) is 2.96. The number of halogens is 5. The summed E-state index contributed by atoms with van der Waals surface area (Å²) in [6.45, 7) is 3.43. The van der Waals surface area contributed by atoms with E-state index in [9.17, 15) is 26.7 Å². The highest BCUT2D eigenvalue weighted by Crippen LogP contribution is 2.24. The molecule has 118 valence electrons. The Bertz CT molecular complexity index is 535. The SMILES string of the molecule is CCC(C)(CCN)NC(=O)c1c(F)c(F)c(F)c(F)c1F. The average molecular weight is 310 g/mol. The fourth-order valence-electron chi connectivity index (χ4n) is 1.79. The Morgan fingerprint density at radius 1 is 1.05 bits per heavy atom. The zero-order chi connectivity index (χ0) is 16.4. The van der Waals surface area contributed by atoms with Gasteiger partial charge in [-0.3, -0.25) is 4.79 Å². The summed E-state index contributed by atoms with van der Waals surface area (Å²) >= 11 is 0. The summed E-state index contributed by atoms with van der Waals surface area (Å²) in [6, 6.07) is 0. The van der Waals surface area contributed by atoms with Crippen molar-refractivity contribution in [1.29, 1.82) is 0 Å². The first kappa shape index (κ1) is 17.4. The zero-order valence-corrected chi connectivity index (χ0v) is 11.5. The van der Waals surface area contributed by atoms with Crippen molar-refractivity contribution >= 4 is 5.91 Å². The van der Waals surface area contributed by atoms with Gasteiger partial charge in [0.2, 0.25) is 5.82 Å². The molecule has 8 heteroatoms. The molecule has 0 aliphatic rings. The van der Waals surface area contributed by atoms with Crippen LogP contribution in [0.15, 0.2) is 0 Å². The number of carbonyl (C=O) groups excluding carboxylic acids is 1. The second-order valence-corrected chi connectivity index (χ2v) is 4.85. The molecule has 0 aromatic heterocycles. The molecule has 0 radical (unpaired) electrons. The predicted octanol–water partition coefficient (Wildman–Crippen LogP) is 2.63. The Balaban J connectivity index is 3.26. The average Bonchev–Trinajstić information content (AvgIpc) is 2.43. The lowest BCUT2D eigenvalue weighted by molar-refractivity contribution is 0.0888. The van der Waals surface area contributed by atoms with Crippen LogP contribution in [0.1, 0.15) is 37.0 Å². The van der Waals surface area contributed by atoms with Crippen LogP contribution in [0, 0.1) is 29.1 Å². The molecule has 3 nitrogen and oxygen atoms in total. The van der Waals surface area contributed by atoms with Gasteiger partial charge in [0.05, 0.1) is 0 Å². The minimum absolute atomic E-state index is 0.182. The van der Waals surface area contributed by atoms with E-state index in [1.165, 1.54) is 0 Å². The van der Waals surface area contributed by atoms with Crippen molar-refractivity contribution in [2.24, 2.45) is 5.73 Å². The molecular weight excluding hydrogens is 295 g/mol. The van der Waals surface area contributed by atoms with Crippen LogP contribution < -0.4 is 11.1 Å². The minimum Gasteiger partial charge on any atom is -0.347 e. The second kappa shape index (κ2) is 6.38. The molecule has 1 unspecified atom stereocenters. The molecule has 0 aliphatic heterocycles. The molecule has 3 N–H and O–H groups in total. The predicted molar refractivity (Wildman–Crippen MR) is 66.1 cm³/mol. The topological polar surface area (TPSA) is 55.1 Å². The van der Waals surface area contributed by atoms with Crippen molar-refractivity contribution in [3.63, 3.8) is 0 Å². The maximum Gasteiger partial charge on any atom is 0.257 e. The van der Waals surface area contributed by atoms with Crippen LogP contribution in [-0.2, 0) is 0 Å². The Hall–Kier alpha value is -1.70. The van der Waals surface area contributed by atoms with Gasteiger partial charge in [0.15, 0.2) is 23.3 Å². The van der Waals surface area contributed by atoms with E-state index in [4.69, 9.17) is 5.73 Å². The van der Waals surface area contributed by atoms with Gasteiger partial charge >= 0.3 is 0 Å². The monoisotopic (exact) mass is 310 g/mol. The molecule has 0 spiro atoms. The summed E-state index contributed by atoms with van der Waals surface area (Å²) in [5.74, 6) is -12.3. The number of benzene rings is 1. The van der Waals surface area contributed by atoms with Gasteiger partial charge < -0.3 is 11.1 Å². The van der Waals surface area contributed by atoms with E-state index >= 15 is 0 Å².